The Morgan fingerprint density at radius 1 is 0.921 bits per heavy atom. The molecule has 1 aromatic heterocycles. The summed E-state index contributed by atoms with van der Waals surface area (Å²) in [6.07, 6.45) is 1.68. The average Bonchev–Trinajstić information content (AvgIpc) is 2.87. The molecule has 198 valence electrons. The van der Waals surface area contributed by atoms with Crippen molar-refractivity contribution in [1.82, 2.24) is 14.6 Å². The van der Waals surface area contributed by atoms with Gasteiger partial charge in [-0.1, -0.05) is 58.6 Å². The molecule has 1 heterocycles. The number of pyridine rings is 1. The van der Waals surface area contributed by atoms with Crippen molar-refractivity contribution in [2.45, 2.75) is 18.4 Å². The van der Waals surface area contributed by atoms with Crippen LogP contribution in [0, 0.1) is 6.92 Å². The maximum Gasteiger partial charge on any atom is 0.243 e. The molecule has 0 bridgehead atoms. The number of carbonyl (C=O) groups is 1. The number of fused-ring (bicyclic) bond motifs is 1. The largest absolute Gasteiger partial charge is 0.383 e. The summed E-state index contributed by atoms with van der Waals surface area (Å²) in [5, 5.41) is 8.30. The van der Waals surface area contributed by atoms with Crippen LogP contribution in [0.15, 0.2) is 77.8 Å². The van der Waals surface area contributed by atoms with Crippen molar-refractivity contribution in [3.05, 3.63) is 99.1 Å². The van der Waals surface area contributed by atoms with Crippen molar-refractivity contribution in [1.29, 1.82) is 0 Å². The predicted octanol–water partition coefficient (Wildman–Crippen LogP) is 5.92. The molecule has 4 rings (SSSR count). The average molecular weight is 592 g/mol. The Hall–Kier alpha value is -2.88. The standard InChI is InChI=1S/C27H25Cl3N4O3S/c1-18-2-7-22(8-3-18)38(36,37)34(16-19-4-5-20(28)14-24(19)30)17-27(35)33-13-12-32-25-10-11-31-26-15-21(29)6-9-23(25)26/h2-11,14-15H,12-13,16-17H2,1H3,(H,31,32)(H,33,35). The van der Waals surface area contributed by atoms with E-state index in [1.54, 1.807) is 42.6 Å². The molecule has 38 heavy (non-hydrogen) atoms. The van der Waals surface area contributed by atoms with Crippen LogP contribution in [0.5, 0.6) is 0 Å². The van der Waals surface area contributed by atoms with Crippen molar-refractivity contribution in [2.24, 2.45) is 0 Å². The third kappa shape index (κ3) is 6.95. The summed E-state index contributed by atoms with van der Waals surface area (Å²) < 4.78 is 28.1. The van der Waals surface area contributed by atoms with E-state index < -0.39 is 15.9 Å². The number of carbonyl (C=O) groups excluding carboxylic acids is 1. The Morgan fingerprint density at radius 2 is 1.63 bits per heavy atom. The van der Waals surface area contributed by atoms with Crippen molar-refractivity contribution in [3.63, 3.8) is 0 Å². The quantitative estimate of drug-likeness (QED) is 0.223. The molecule has 0 saturated heterocycles. The number of aromatic nitrogens is 1. The number of anilines is 1. The van der Waals surface area contributed by atoms with Gasteiger partial charge < -0.3 is 10.6 Å². The van der Waals surface area contributed by atoms with E-state index in [1.165, 1.54) is 18.2 Å². The number of nitrogens with one attached hydrogen (secondary N) is 2. The molecule has 0 aliphatic rings. The number of aryl methyl sites for hydroxylation is 1. The van der Waals surface area contributed by atoms with E-state index in [2.05, 4.69) is 15.6 Å². The van der Waals surface area contributed by atoms with Gasteiger partial charge in [0.05, 0.1) is 17.0 Å². The number of hydrogen-bond donors (Lipinski definition) is 2. The van der Waals surface area contributed by atoms with Gasteiger partial charge in [-0.15, -0.1) is 0 Å². The van der Waals surface area contributed by atoms with E-state index in [4.69, 9.17) is 34.8 Å². The first kappa shape index (κ1) is 28.1. The Balaban J connectivity index is 1.44. The van der Waals surface area contributed by atoms with Gasteiger partial charge in [-0.2, -0.15) is 4.31 Å². The molecule has 0 saturated carbocycles. The zero-order chi connectivity index (χ0) is 27.3. The predicted molar refractivity (Wildman–Crippen MR) is 153 cm³/mol. The summed E-state index contributed by atoms with van der Waals surface area (Å²) in [6.45, 7) is 2.08. The minimum absolute atomic E-state index is 0.0901. The number of hydrogen-bond acceptors (Lipinski definition) is 5. The first-order valence-corrected chi connectivity index (χ1v) is 14.3. The zero-order valence-electron chi connectivity index (χ0n) is 20.4. The summed E-state index contributed by atoms with van der Waals surface area (Å²) in [7, 11) is -3.99. The molecule has 0 aliphatic carbocycles. The third-order valence-electron chi connectivity index (χ3n) is 5.81. The second-order valence-electron chi connectivity index (χ2n) is 8.62. The molecule has 0 aliphatic heterocycles. The summed E-state index contributed by atoms with van der Waals surface area (Å²) in [6, 6.07) is 18.6. The normalized spacial score (nSPS) is 11.6. The van der Waals surface area contributed by atoms with Gasteiger partial charge in [0.15, 0.2) is 0 Å². The number of rotatable bonds is 10. The lowest BCUT2D eigenvalue weighted by Gasteiger charge is -2.23. The van der Waals surface area contributed by atoms with Gasteiger partial charge in [0.1, 0.15) is 0 Å². The number of halogens is 3. The lowest BCUT2D eigenvalue weighted by atomic mass is 10.2. The molecule has 7 nitrogen and oxygen atoms in total. The fourth-order valence-electron chi connectivity index (χ4n) is 3.82. The van der Waals surface area contributed by atoms with Gasteiger partial charge in [-0.05, 0) is 61.0 Å². The number of nitrogens with zero attached hydrogens (tertiary/aromatic N) is 2. The summed E-state index contributed by atoms with van der Waals surface area (Å²) in [5.41, 5.74) is 3.06. The SMILES string of the molecule is Cc1ccc(S(=O)(=O)N(CC(=O)NCCNc2ccnc3cc(Cl)ccc23)Cc2ccc(Cl)cc2Cl)cc1. The molecule has 0 spiro atoms. The molecule has 0 unspecified atom stereocenters. The van der Waals surface area contributed by atoms with Crippen LogP contribution in [-0.4, -0.2) is 43.2 Å². The summed E-state index contributed by atoms with van der Waals surface area (Å²) in [4.78, 5) is 17.3. The summed E-state index contributed by atoms with van der Waals surface area (Å²) >= 11 is 18.4. The first-order valence-electron chi connectivity index (χ1n) is 11.7. The van der Waals surface area contributed by atoms with E-state index in [0.717, 1.165) is 26.5 Å². The van der Waals surface area contributed by atoms with Gasteiger partial charge in [0.2, 0.25) is 15.9 Å². The van der Waals surface area contributed by atoms with Crippen LogP contribution in [0.3, 0.4) is 0 Å². The molecule has 2 N–H and O–H groups in total. The monoisotopic (exact) mass is 590 g/mol. The molecule has 0 fully saturated rings. The second kappa shape index (κ2) is 12.3. The zero-order valence-corrected chi connectivity index (χ0v) is 23.5. The smallest absolute Gasteiger partial charge is 0.243 e. The van der Waals surface area contributed by atoms with E-state index in [1.807, 2.05) is 19.1 Å². The number of sulfonamides is 1. The highest BCUT2D eigenvalue weighted by atomic mass is 35.5. The molecule has 0 radical (unpaired) electrons. The van der Waals surface area contributed by atoms with Crippen LogP contribution in [0.2, 0.25) is 15.1 Å². The van der Waals surface area contributed by atoms with Crippen LogP contribution in [0.1, 0.15) is 11.1 Å². The van der Waals surface area contributed by atoms with Gasteiger partial charge in [0, 0.05) is 52.0 Å². The van der Waals surface area contributed by atoms with E-state index in [-0.39, 0.29) is 24.5 Å². The molecule has 0 atom stereocenters. The van der Waals surface area contributed by atoms with E-state index in [0.29, 0.717) is 27.2 Å². The second-order valence-corrected chi connectivity index (χ2v) is 11.8. The van der Waals surface area contributed by atoms with Crippen molar-refractivity contribution >= 4 is 67.3 Å². The fourth-order valence-corrected chi connectivity index (χ4v) is 5.82. The Kier molecular flexibility index (Phi) is 9.12. The molecule has 4 aromatic rings. The Labute approximate surface area is 236 Å². The first-order chi connectivity index (χ1) is 18.1. The number of amides is 1. The lowest BCUT2D eigenvalue weighted by Crippen LogP contribution is -2.41. The Morgan fingerprint density at radius 3 is 2.37 bits per heavy atom. The summed E-state index contributed by atoms with van der Waals surface area (Å²) in [5.74, 6) is -0.445. The van der Waals surface area contributed by atoms with Gasteiger partial charge in [0.25, 0.3) is 0 Å². The molecule has 11 heteroatoms. The highest BCUT2D eigenvalue weighted by Crippen LogP contribution is 2.26. The minimum Gasteiger partial charge on any atom is -0.383 e. The topological polar surface area (TPSA) is 91.4 Å². The van der Waals surface area contributed by atoms with Crippen LogP contribution in [0.25, 0.3) is 10.9 Å². The third-order valence-corrected chi connectivity index (χ3v) is 8.44. The van der Waals surface area contributed by atoms with E-state index >= 15 is 0 Å². The van der Waals surface area contributed by atoms with Crippen molar-refractivity contribution in [2.75, 3.05) is 25.0 Å². The Bertz CT molecular complexity index is 1560. The van der Waals surface area contributed by atoms with Crippen LogP contribution < -0.4 is 10.6 Å². The van der Waals surface area contributed by atoms with Crippen LogP contribution in [0.4, 0.5) is 5.69 Å². The molecular formula is C27H25Cl3N4O3S. The van der Waals surface area contributed by atoms with Gasteiger partial charge >= 0.3 is 0 Å². The van der Waals surface area contributed by atoms with Crippen molar-refractivity contribution in [3.8, 4) is 0 Å². The van der Waals surface area contributed by atoms with Crippen LogP contribution >= 0.6 is 34.8 Å². The van der Waals surface area contributed by atoms with E-state index in [9.17, 15) is 13.2 Å². The maximum absolute atomic E-state index is 13.5. The van der Waals surface area contributed by atoms with Gasteiger partial charge in [-0.25, -0.2) is 8.42 Å². The highest BCUT2D eigenvalue weighted by molar-refractivity contribution is 7.89. The molecule has 1 amide bonds. The lowest BCUT2D eigenvalue weighted by molar-refractivity contribution is -0.121. The minimum atomic E-state index is -3.99. The van der Waals surface area contributed by atoms with Crippen molar-refractivity contribution < 1.29 is 13.2 Å². The van der Waals surface area contributed by atoms with Gasteiger partial charge in [-0.3, -0.25) is 9.78 Å². The highest BCUT2D eigenvalue weighted by Gasteiger charge is 2.27. The van der Waals surface area contributed by atoms with Crippen LogP contribution in [-0.2, 0) is 21.4 Å². The molecular weight excluding hydrogens is 567 g/mol. The molecule has 3 aromatic carbocycles. The fraction of sp³-hybridized carbons (Fsp3) is 0.185. The number of benzene rings is 3. The maximum atomic E-state index is 13.5.